The van der Waals surface area contributed by atoms with Gasteiger partial charge in [0.2, 0.25) is 0 Å². The van der Waals surface area contributed by atoms with E-state index >= 15 is 0 Å². The third-order valence-electron chi connectivity index (χ3n) is 0.284. The zero-order valence-corrected chi connectivity index (χ0v) is 5.21. The molecular weight excluding hydrogens is 136 g/mol. The van der Waals surface area contributed by atoms with Gasteiger partial charge in [-0.05, 0) is 6.92 Å². The Balaban J connectivity index is 0. The third-order valence-corrected chi connectivity index (χ3v) is 0.284. The molecule has 0 aromatic carbocycles. The van der Waals surface area contributed by atoms with Gasteiger partial charge in [0.1, 0.15) is 26.2 Å². The standard InChI is InChI=1S/C3H6F2.C2H4F2/c1-3(5)2-4;3-1-2-4/h3H,2H2,1H3;1-2H2. The van der Waals surface area contributed by atoms with Crippen molar-refractivity contribution >= 4 is 0 Å². The van der Waals surface area contributed by atoms with Crippen LogP contribution in [0.25, 0.3) is 0 Å². The molecule has 0 aromatic heterocycles. The van der Waals surface area contributed by atoms with Crippen molar-refractivity contribution < 1.29 is 17.6 Å². The van der Waals surface area contributed by atoms with Gasteiger partial charge in [0.15, 0.2) is 0 Å². The second kappa shape index (κ2) is 10.7. The molecule has 0 saturated carbocycles. The van der Waals surface area contributed by atoms with Crippen molar-refractivity contribution in [3.8, 4) is 0 Å². The first-order chi connectivity index (χ1) is 4.18. The van der Waals surface area contributed by atoms with E-state index in [-0.39, 0.29) is 0 Å². The van der Waals surface area contributed by atoms with Crippen LogP contribution in [-0.4, -0.2) is 26.2 Å². The smallest absolute Gasteiger partial charge is 0.126 e. The fourth-order valence-corrected chi connectivity index (χ4v) is 0. The summed E-state index contributed by atoms with van der Waals surface area (Å²) in [5.74, 6) is 0. The summed E-state index contributed by atoms with van der Waals surface area (Å²) in [5, 5.41) is 0. The van der Waals surface area contributed by atoms with E-state index in [1.807, 2.05) is 0 Å². The van der Waals surface area contributed by atoms with E-state index in [0.29, 0.717) is 0 Å². The van der Waals surface area contributed by atoms with E-state index < -0.39 is 26.2 Å². The summed E-state index contributed by atoms with van der Waals surface area (Å²) in [6.07, 6.45) is -1.28. The number of alkyl halides is 4. The van der Waals surface area contributed by atoms with Crippen LogP contribution in [0.4, 0.5) is 17.6 Å². The SMILES string of the molecule is CC(F)CF.FCCF. The van der Waals surface area contributed by atoms with Crippen LogP contribution in [0, 0.1) is 0 Å². The zero-order valence-electron chi connectivity index (χ0n) is 5.21. The van der Waals surface area contributed by atoms with Crippen LogP contribution in [0.3, 0.4) is 0 Å². The molecule has 0 nitrogen and oxygen atoms in total. The number of hydrogen-bond acceptors (Lipinski definition) is 0. The Morgan fingerprint density at radius 1 is 1.11 bits per heavy atom. The fraction of sp³-hybridized carbons (Fsp3) is 1.00. The highest BCUT2D eigenvalue weighted by Crippen LogP contribution is 1.84. The topological polar surface area (TPSA) is 0 Å². The molecule has 0 fully saturated rings. The highest BCUT2D eigenvalue weighted by Gasteiger charge is 1.89. The second-order valence-electron chi connectivity index (χ2n) is 1.31. The molecule has 1 unspecified atom stereocenters. The zero-order chi connectivity index (χ0) is 7.70. The average Bonchev–Trinajstić information content (AvgIpc) is 1.89. The number of halogens is 4. The first-order valence-electron chi connectivity index (χ1n) is 2.51. The molecule has 0 aliphatic carbocycles. The lowest BCUT2D eigenvalue weighted by atomic mass is 10.5. The summed E-state index contributed by atoms with van der Waals surface area (Å²) in [7, 11) is 0. The first kappa shape index (κ1) is 11.5. The Bertz CT molecular complexity index is 35.9. The lowest BCUT2D eigenvalue weighted by molar-refractivity contribution is 0.281. The second-order valence-corrected chi connectivity index (χ2v) is 1.31. The molecule has 0 aliphatic heterocycles. The maximum absolute atomic E-state index is 11.1. The molecule has 0 rings (SSSR count). The van der Waals surface area contributed by atoms with Crippen LogP contribution in [0.2, 0.25) is 0 Å². The van der Waals surface area contributed by atoms with Crippen LogP contribution in [0.1, 0.15) is 6.92 Å². The van der Waals surface area contributed by atoms with E-state index in [9.17, 15) is 17.6 Å². The number of rotatable bonds is 2. The Hall–Kier alpha value is -0.280. The summed E-state index contributed by atoms with van der Waals surface area (Å²) in [4.78, 5) is 0. The van der Waals surface area contributed by atoms with Gasteiger partial charge >= 0.3 is 0 Å². The molecule has 4 heteroatoms. The van der Waals surface area contributed by atoms with E-state index in [1.54, 1.807) is 0 Å². The monoisotopic (exact) mass is 146 g/mol. The van der Waals surface area contributed by atoms with Crippen molar-refractivity contribution in [1.29, 1.82) is 0 Å². The largest absolute Gasteiger partial charge is 0.248 e. The Morgan fingerprint density at radius 2 is 1.33 bits per heavy atom. The van der Waals surface area contributed by atoms with E-state index in [1.165, 1.54) is 6.92 Å². The van der Waals surface area contributed by atoms with Gasteiger partial charge < -0.3 is 0 Å². The van der Waals surface area contributed by atoms with Gasteiger partial charge in [0, 0.05) is 0 Å². The highest BCUT2D eigenvalue weighted by molar-refractivity contribution is 4.35. The summed E-state index contributed by atoms with van der Waals surface area (Å²) in [5.41, 5.74) is 0. The van der Waals surface area contributed by atoms with Crippen LogP contribution in [0.15, 0.2) is 0 Å². The molecule has 58 valence electrons. The van der Waals surface area contributed by atoms with E-state index in [2.05, 4.69) is 0 Å². The molecular formula is C5H10F4. The van der Waals surface area contributed by atoms with Crippen LogP contribution in [-0.2, 0) is 0 Å². The maximum Gasteiger partial charge on any atom is 0.126 e. The Labute approximate surface area is 51.9 Å². The van der Waals surface area contributed by atoms with E-state index in [4.69, 9.17) is 0 Å². The fourth-order valence-electron chi connectivity index (χ4n) is 0. The normalized spacial score (nSPS) is 11.7. The lowest BCUT2D eigenvalue weighted by Gasteiger charge is -1.83. The van der Waals surface area contributed by atoms with Crippen molar-refractivity contribution in [1.82, 2.24) is 0 Å². The molecule has 0 heterocycles. The molecule has 0 radical (unpaired) electrons. The summed E-state index contributed by atoms with van der Waals surface area (Å²) in [6.45, 7) is -1.38. The van der Waals surface area contributed by atoms with Gasteiger partial charge in [0.05, 0.1) is 0 Å². The minimum absolute atomic E-state index is 0.847. The van der Waals surface area contributed by atoms with Crippen molar-refractivity contribution in [2.75, 3.05) is 20.0 Å². The molecule has 0 bridgehead atoms. The van der Waals surface area contributed by atoms with Gasteiger partial charge in [-0.1, -0.05) is 0 Å². The van der Waals surface area contributed by atoms with Crippen LogP contribution >= 0.6 is 0 Å². The predicted molar refractivity (Wildman–Crippen MR) is 28.5 cm³/mol. The quantitative estimate of drug-likeness (QED) is 0.524. The van der Waals surface area contributed by atoms with Gasteiger partial charge in [-0.2, -0.15) is 0 Å². The first-order valence-corrected chi connectivity index (χ1v) is 2.51. The van der Waals surface area contributed by atoms with Crippen LogP contribution in [0.5, 0.6) is 0 Å². The maximum atomic E-state index is 11.1. The molecule has 0 N–H and O–H groups in total. The van der Waals surface area contributed by atoms with Gasteiger partial charge in [-0.3, -0.25) is 0 Å². The molecule has 0 aliphatic rings. The number of hydrogen-bond donors (Lipinski definition) is 0. The molecule has 0 aromatic rings. The average molecular weight is 146 g/mol. The highest BCUT2D eigenvalue weighted by atomic mass is 19.2. The van der Waals surface area contributed by atoms with Gasteiger partial charge in [-0.25, -0.2) is 17.6 Å². The summed E-state index contributed by atoms with van der Waals surface area (Å²) in [6, 6.07) is 0. The molecule has 1 atom stereocenters. The van der Waals surface area contributed by atoms with Crippen molar-refractivity contribution in [2.24, 2.45) is 0 Å². The minimum atomic E-state index is -1.28. The van der Waals surface area contributed by atoms with Gasteiger partial charge in [-0.15, -0.1) is 0 Å². The van der Waals surface area contributed by atoms with E-state index in [0.717, 1.165) is 0 Å². The molecule has 9 heavy (non-hydrogen) atoms. The third kappa shape index (κ3) is 34.1. The van der Waals surface area contributed by atoms with Crippen molar-refractivity contribution in [2.45, 2.75) is 13.1 Å². The van der Waals surface area contributed by atoms with Crippen molar-refractivity contribution in [3.05, 3.63) is 0 Å². The summed E-state index contributed by atoms with van der Waals surface area (Å²) < 4.78 is 42.5. The van der Waals surface area contributed by atoms with Gasteiger partial charge in [0.25, 0.3) is 0 Å². The predicted octanol–water partition coefficient (Wildman–Crippen LogP) is 2.24. The minimum Gasteiger partial charge on any atom is -0.248 e. The van der Waals surface area contributed by atoms with Crippen LogP contribution < -0.4 is 0 Å². The Morgan fingerprint density at radius 3 is 1.33 bits per heavy atom. The molecule has 0 spiro atoms. The summed E-state index contributed by atoms with van der Waals surface area (Å²) >= 11 is 0. The van der Waals surface area contributed by atoms with Crippen molar-refractivity contribution in [3.63, 3.8) is 0 Å². The molecule has 0 saturated heterocycles. The molecule has 0 amide bonds. The lowest BCUT2D eigenvalue weighted by Crippen LogP contribution is -1.91. The Kier molecular flexibility index (Phi) is 13.6.